The molecule has 1 amide bonds. The summed E-state index contributed by atoms with van der Waals surface area (Å²) in [5.74, 6) is 0.0767. The van der Waals surface area contributed by atoms with Crippen LogP contribution in [-0.4, -0.2) is 74.1 Å². The first-order valence-electron chi connectivity index (χ1n) is 11.7. The molecule has 0 unspecified atom stereocenters. The molecular formula is C27H34N2O6. The highest BCUT2D eigenvalue weighted by Crippen LogP contribution is 2.42. The van der Waals surface area contributed by atoms with E-state index in [2.05, 4.69) is 18.7 Å². The summed E-state index contributed by atoms with van der Waals surface area (Å²) in [5.41, 5.74) is 1.89. The van der Waals surface area contributed by atoms with Gasteiger partial charge in [0.1, 0.15) is 11.5 Å². The van der Waals surface area contributed by atoms with Crippen molar-refractivity contribution in [1.82, 2.24) is 9.80 Å². The Bertz CT molecular complexity index is 1120. The normalized spacial score (nSPS) is 17.2. The van der Waals surface area contributed by atoms with Crippen LogP contribution in [-0.2, 0) is 9.59 Å². The van der Waals surface area contributed by atoms with Gasteiger partial charge >= 0.3 is 0 Å². The molecule has 1 aliphatic heterocycles. The molecule has 0 aliphatic carbocycles. The predicted octanol–water partition coefficient (Wildman–Crippen LogP) is 3.78. The number of hydrogen-bond acceptors (Lipinski definition) is 7. The molecule has 1 aliphatic rings. The van der Waals surface area contributed by atoms with Gasteiger partial charge < -0.3 is 29.1 Å². The number of carbonyl (C=O) groups is 2. The van der Waals surface area contributed by atoms with Gasteiger partial charge in [-0.05, 0) is 61.5 Å². The van der Waals surface area contributed by atoms with Gasteiger partial charge in [0.05, 0.1) is 32.9 Å². The molecule has 1 atom stereocenters. The van der Waals surface area contributed by atoms with E-state index in [9.17, 15) is 14.7 Å². The molecule has 188 valence electrons. The number of hydrogen-bond donors (Lipinski definition) is 1. The van der Waals surface area contributed by atoms with Crippen molar-refractivity contribution in [2.24, 2.45) is 0 Å². The summed E-state index contributed by atoms with van der Waals surface area (Å²) in [6.07, 6.45) is 0. The van der Waals surface area contributed by atoms with Crippen LogP contribution in [0.5, 0.6) is 17.2 Å². The first kappa shape index (κ1) is 26.1. The van der Waals surface area contributed by atoms with Crippen molar-refractivity contribution in [3.63, 3.8) is 0 Å². The molecule has 2 aromatic carbocycles. The van der Waals surface area contributed by atoms with Gasteiger partial charge in [-0.3, -0.25) is 9.59 Å². The van der Waals surface area contributed by atoms with Gasteiger partial charge in [0.2, 0.25) is 0 Å². The lowest BCUT2D eigenvalue weighted by Gasteiger charge is -2.28. The molecule has 1 fully saturated rings. The first-order chi connectivity index (χ1) is 16.8. The van der Waals surface area contributed by atoms with Crippen molar-refractivity contribution in [3.8, 4) is 17.2 Å². The standard InChI is InChI=1S/C27H34N2O6/c1-7-28(8-2)13-14-29-24(18-9-12-21(34-5)22(16-18)35-6)23(26(31)27(29)32)25(30)20-11-10-19(33-4)15-17(20)3/h9-12,15-16,24,30H,7-8,13-14H2,1-6H3/b25-23+/t24-/m1/s1. The second kappa shape index (κ2) is 11.3. The second-order valence-electron chi connectivity index (χ2n) is 8.31. The Hall–Kier alpha value is -3.52. The topological polar surface area (TPSA) is 88.5 Å². The maximum Gasteiger partial charge on any atom is 0.295 e. The molecule has 8 heteroatoms. The van der Waals surface area contributed by atoms with E-state index in [1.165, 1.54) is 12.0 Å². The highest BCUT2D eigenvalue weighted by atomic mass is 16.5. The lowest BCUT2D eigenvalue weighted by molar-refractivity contribution is -0.140. The van der Waals surface area contributed by atoms with Crippen molar-refractivity contribution < 1.29 is 28.9 Å². The fourth-order valence-corrected chi connectivity index (χ4v) is 4.44. The highest BCUT2D eigenvalue weighted by molar-refractivity contribution is 6.46. The molecule has 0 bridgehead atoms. The number of rotatable bonds is 10. The van der Waals surface area contributed by atoms with Gasteiger partial charge in [-0.25, -0.2) is 0 Å². The minimum atomic E-state index is -0.771. The van der Waals surface area contributed by atoms with E-state index in [0.29, 0.717) is 41.5 Å². The fourth-order valence-electron chi connectivity index (χ4n) is 4.44. The number of aryl methyl sites for hydroxylation is 1. The van der Waals surface area contributed by atoms with Gasteiger partial charge in [0.25, 0.3) is 11.7 Å². The predicted molar refractivity (Wildman–Crippen MR) is 134 cm³/mol. The van der Waals surface area contributed by atoms with Gasteiger partial charge in [-0.2, -0.15) is 0 Å². The third-order valence-electron chi connectivity index (χ3n) is 6.50. The second-order valence-corrected chi connectivity index (χ2v) is 8.31. The number of likely N-dealkylation sites (N-methyl/N-ethyl adjacent to an activating group) is 1. The molecule has 0 radical (unpaired) electrons. The van der Waals surface area contributed by atoms with Crippen LogP contribution in [0.3, 0.4) is 0 Å². The number of benzene rings is 2. The molecule has 0 aromatic heterocycles. The smallest absolute Gasteiger partial charge is 0.295 e. The molecule has 2 aromatic rings. The zero-order chi connectivity index (χ0) is 25.7. The number of amides is 1. The van der Waals surface area contributed by atoms with Gasteiger partial charge in [-0.15, -0.1) is 0 Å². The lowest BCUT2D eigenvalue weighted by atomic mass is 9.93. The van der Waals surface area contributed by atoms with Crippen LogP contribution < -0.4 is 14.2 Å². The Kier molecular flexibility index (Phi) is 8.40. The summed E-state index contributed by atoms with van der Waals surface area (Å²) in [6.45, 7) is 8.51. The Morgan fingerprint density at radius 3 is 2.23 bits per heavy atom. The number of ketones is 1. The average Bonchev–Trinajstić information content (AvgIpc) is 3.13. The number of nitrogens with zero attached hydrogens (tertiary/aromatic N) is 2. The number of Topliss-reactive ketones (excluding diaryl/α,β-unsaturated/α-hetero) is 1. The minimum Gasteiger partial charge on any atom is -0.507 e. The van der Waals surface area contributed by atoms with Crippen LogP contribution in [0.4, 0.5) is 0 Å². The zero-order valence-electron chi connectivity index (χ0n) is 21.3. The summed E-state index contributed by atoms with van der Waals surface area (Å²) in [4.78, 5) is 30.2. The average molecular weight is 483 g/mol. The number of carbonyl (C=O) groups excluding carboxylic acids is 2. The van der Waals surface area contributed by atoms with Crippen LogP contribution in [0.15, 0.2) is 42.0 Å². The number of aliphatic hydroxyl groups excluding tert-OH is 1. The Labute approximate surface area is 206 Å². The van der Waals surface area contributed by atoms with Crippen LogP contribution in [0, 0.1) is 6.92 Å². The molecule has 35 heavy (non-hydrogen) atoms. The van der Waals surface area contributed by atoms with E-state index in [4.69, 9.17) is 14.2 Å². The molecule has 0 saturated carbocycles. The van der Waals surface area contributed by atoms with E-state index in [1.54, 1.807) is 50.6 Å². The van der Waals surface area contributed by atoms with Crippen molar-refractivity contribution in [3.05, 3.63) is 58.7 Å². The fraction of sp³-hybridized carbons (Fsp3) is 0.407. The lowest BCUT2D eigenvalue weighted by Crippen LogP contribution is -2.38. The molecule has 1 saturated heterocycles. The Balaban J connectivity index is 2.18. The first-order valence-corrected chi connectivity index (χ1v) is 11.7. The third kappa shape index (κ3) is 5.12. The number of ether oxygens (including phenoxy) is 3. The van der Waals surface area contributed by atoms with Crippen LogP contribution in [0.1, 0.15) is 36.6 Å². The largest absolute Gasteiger partial charge is 0.507 e. The number of methoxy groups -OCH3 is 3. The molecule has 1 N–H and O–H groups in total. The van der Waals surface area contributed by atoms with Crippen LogP contribution >= 0.6 is 0 Å². The van der Waals surface area contributed by atoms with Crippen molar-refractivity contribution in [2.75, 3.05) is 47.5 Å². The quantitative estimate of drug-likeness (QED) is 0.313. The van der Waals surface area contributed by atoms with Gasteiger partial charge in [0, 0.05) is 18.7 Å². The van der Waals surface area contributed by atoms with Gasteiger partial charge in [0.15, 0.2) is 11.5 Å². The zero-order valence-corrected chi connectivity index (χ0v) is 21.3. The Morgan fingerprint density at radius 1 is 0.971 bits per heavy atom. The minimum absolute atomic E-state index is 0.0510. The van der Waals surface area contributed by atoms with E-state index < -0.39 is 17.7 Å². The summed E-state index contributed by atoms with van der Waals surface area (Å²) >= 11 is 0. The monoisotopic (exact) mass is 482 g/mol. The molecule has 3 rings (SSSR count). The maximum absolute atomic E-state index is 13.3. The molecule has 8 nitrogen and oxygen atoms in total. The van der Waals surface area contributed by atoms with E-state index >= 15 is 0 Å². The summed E-state index contributed by atoms with van der Waals surface area (Å²) in [7, 11) is 4.63. The summed E-state index contributed by atoms with van der Waals surface area (Å²) in [5, 5.41) is 11.4. The van der Waals surface area contributed by atoms with Gasteiger partial charge in [-0.1, -0.05) is 19.9 Å². The maximum atomic E-state index is 13.3. The molecule has 0 spiro atoms. The van der Waals surface area contributed by atoms with Crippen molar-refractivity contribution in [2.45, 2.75) is 26.8 Å². The summed E-state index contributed by atoms with van der Waals surface area (Å²) < 4.78 is 16.1. The Morgan fingerprint density at radius 2 is 1.66 bits per heavy atom. The van der Waals surface area contributed by atoms with Crippen LogP contribution in [0.25, 0.3) is 5.76 Å². The summed E-state index contributed by atoms with van der Waals surface area (Å²) in [6, 6.07) is 9.67. The third-order valence-corrected chi connectivity index (χ3v) is 6.50. The molecule has 1 heterocycles. The number of likely N-dealkylation sites (tertiary alicyclic amines) is 1. The van der Waals surface area contributed by atoms with E-state index in [-0.39, 0.29) is 11.3 Å². The number of aliphatic hydroxyl groups is 1. The highest BCUT2D eigenvalue weighted by Gasteiger charge is 2.46. The molecular weight excluding hydrogens is 448 g/mol. The van der Waals surface area contributed by atoms with Crippen molar-refractivity contribution >= 4 is 17.4 Å². The van der Waals surface area contributed by atoms with Crippen molar-refractivity contribution in [1.29, 1.82) is 0 Å². The van der Waals surface area contributed by atoms with Crippen LogP contribution in [0.2, 0.25) is 0 Å². The van der Waals surface area contributed by atoms with E-state index in [1.807, 2.05) is 6.92 Å². The van der Waals surface area contributed by atoms with E-state index in [0.717, 1.165) is 18.7 Å². The SMILES string of the molecule is CCN(CC)CCN1C(=O)C(=O)/C(=C(/O)c2ccc(OC)cc2C)[C@H]1c1ccc(OC)c(OC)c1.